The molecule has 0 aromatic heterocycles. The Labute approximate surface area is 266 Å². The van der Waals surface area contributed by atoms with Crippen molar-refractivity contribution in [2.45, 2.75) is 130 Å². The zero-order valence-corrected chi connectivity index (χ0v) is 29.2. The minimum atomic E-state index is -1.08. The summed E-state index contributed by atoms with van der Waals surface area (Å²) in [4.78, 5) is 26.8. The summed E-state index contributed by atoms with van der Waals surface area (Å²) in [6.45, 7) is 26.2. The fraction of sp³-hybridized carbons (Fsp3) is 0.500. The highest BCUT2D eigenvalue weighted by Gasteiger charge is 2.32. The number of ether oxygens (including phenoxy) is 1. The number of carbonyl (C=O) groups excluding carboxylic acids is 1. The molecule has 0 spiro atoms. The summed E-state index contributed by atoms with van der Waals surface area (Å²) in [7, 11) is 0. The van der Waals surface area contributed by atoms with E-state index in [0.717, 1.165) is 42.4 Å². The van der Waals surface area contributed by atoms with Crippen molar-refractivity contribution in [1.29, 1.82) is 0 Å². The van der Waals surface area contributed by atoms with E-state index in [0.29, 0.717) is 11.3 Å². The highest BCUT2D eigenvalue weighted by Crippen LogP contribution is 2.43. The number of hydrogen-bond acceptors (Lipinski definition) is 3. The van der Waals surface area contributed by atoms with Gasteiger partial charge in [-0.1, -0.05) is 119 Å². The van der Waals surface area contributed by atoms with Crippen molar-refractivity contribution in [3.05, 3.63) is 88.0 Å². The Hall–Kier alpha value is -3.40. The molecule has 0 atom stereocenters. The molecule has 0 aliphatic rings. The van der Waals surface area contributed by atoms with Crippen molar-refractivity contribution in [1.82, 2.24) is 0 Å². The third kappa shape index (κ3) is 6.95. The van der Waals surface area contributed by atoms with E-state index in [4.69, 9.17) is 4.74 Å². The monoisotopic (exact) mass is 598 g/mol. The molecule has 0 saturated heterocycles. The Balaban J connectivity index is 2.30. The standard InChI is InChI=1S/C40H54O4/c1-13-37(5,6)26-20-22-28(31(24-26)39(9,10)15-3)34-29(35(41)42)18-17-19-30(34)36(43)44-33-23-21-27(38(7,8)14-2)25-32(33)40(11,12)16-4/h17-25H,13-16H2,1-12H3,(H,41,42). The zero-order chi connectivity index (χ0) is 33.3. The number of carboxylic acid groups (broad SMARTS) is 1. The summed E-state index contributed by atoms with van der Waals surface area (Å²) < 4.78 is 6.23. The molecule has 1 N–H and O–H groups in total. The Morgan fingerprint density at radius 2 is 1.07 bits per heavy atom. The van der Waals surface area contributed by atoms with Gasteiger partial charge in [0, 0.05) is 11.1 Å². The van der Waals surface area contributed by atoms with Gasteiger partial charge < -0.3 is 9.84 Å². The van der Waals surface area contributed by atoms with Gasteiger partial charge in [-0.3, -0.25) is 0 Å². The fourth-order valence-electron chi connectivity index (χ4n) is 5.45. The number of carbonyl (C=O) groups is 2. The Morgan fingerprint density at radius 1 is 0.614 bits per heavy atom. The number of carboxylic acids is 1. The highest BCUT2D eigenvalue weighted by atomic mass is 16.5. The summed E-state index contributed by atoms with van der Waals surface area (Å²) in [6, 6.07) is 17.3. The van der Waals surface area contributed by atoms with Crippen LogP contribution in [0.2, 0.25) is 0 Å². The Bertz CT molecular complexity index is 1520. The maximum Gasteiger partial charge on any atom is 0.344 e. The van der Waals surface area contributed by atoms with E-state index < -0.39 is 11.9 Å². The lowest BCUT2D eigenvalue weighted by Crippen LogP contribution is -2.23. The van der Waals surface area contributed by atoms with Crippen LogP contribution in [0.5, 0.6) is 5.75 Å². The van der Waals surface area contributed by atoms with Crippen LogP contribution >= 0.6 is 0 Å². The van der Waals surface area contributed by atoms with Crippen LogP contribution in [0, 0.1) is 0 Å². The third-order valence-corrected chi connectivity index (χ3v) is 10.5. The highest BCUT2D eigenvalue weighted by molar-refractivity contribution is 6.06. The van der Waals surface area contributed by atoms with E-state index in [9.17, 15) is 14.7 Å². The van der Waals surface area contributed by atoms with E-state index >= 15 is 0 Å². The van der Waals surface area contributed by atoms with Gasteiger partial charge in [0.15, 0.2) is 0 Å². The van der Waals surface area contributed by atoms with Crippen molar-refractivity contribution in [2.24, 2.45) is 0 Å². The lowest BCUT2D eigenvalue weighted by molar-refractivity contribution is 0.0697. The van der Waals surface area contributed by atoms with Crippen LogP contribution in [0.1, 0.15) is 152 Å². The normalized spacial score (nSPS) is 12.7. The zero-order valence-electron chi connectivity index (χ0n) is 29.2. The molecule has 0 aliphatic carbocycles. The minimum Gasteiger partial charge on any atom is -0.478 e. The van der Waals surface area contributed by atoms with E-state index in [1.807, 2.05) is 18.2 Å². The van der Waals surface area contributed by atoms with Crippen LogP contribution in [0.15, 0.2) is 54.6 Å². The first kappa shape index (κ1) is 35.1. The lowest BCUT2D eigenvalue weighted by Gasteiger charge is -2.32. The van der Waals surface area contributed by atoms with Gasteiger partial charge in [-0.25, -0.2) is 9.59 Å². The predicted octanol–water partition coefficient (Wildman–Crippen LogP) is 11.0. The molecule has 0 saturated carbocycles. The third-order valence-electron chi connectivity index (χ3n) is 10.5. The fourth-order valence-corrected chi connectivity index (χ4v) is 5.45. The van der Waals surface area contributed by atoms with Gasteiger partial charge in [-0.05, 0) is 87.8 Å². The molecule has 4 heteroatoms. The maximum absolute atomic E-state index is 14.2. The molecule has 0 radical (unpaired) electrons. The predicted molar refractivity (Wildman–Crippen MR) is 184 cm³/mol. The largest absolute Gasteiger partial charge is 0.478 e. The molecule has 0 heterocycles. The van der Waals surface area contributed by atoms with E-state index in [2.05, 4.69) is 101 Å². The number of hydrogen-bond donors (Lipinski definition) is 1. The van der Waals surface area contributed by atoms with Crippen molar-refractivity contribution in [2.75, 3.05) is 0 Å². The van der Waals surface area contributed by atoms with Crippen molar-refractivity contribution < 1.29 is 19.4 Å². The molecule has 0 amide bonds. The summed E-state index contributed by atoms with van der Waals surface area (Å²) in [5.41, 5.74) is 5.33. The maximum atomic E-state index is 14.2. The quantitative estimate of drug-likeness (QED) is 0.166. The van der Waals surface area contributed by atoms with Gasteiger partial charge in [0.2, 0.25) is 0 Å². The van der Waals surface area contributed by atoms with Gasteiger partial charge in [-0.15, -0.1) is 0 Å². The SMILES string of the molecule is CCC(C)(C)c1ccc(OC(=O)c2cccc(C(=O)O)c2-c2ccc(C(C)(C)CC)cc2C(C)(C)CC)c(C(C)(C)CC)c1. The second-order valence-electron chi connectivity index (χ2n) is 14.8. The van der Waals surface area contributed by atoms with Crippen LogP contribution < -0.4 is 4.74 Å². The molecular weight excluding hydrogens is 544 g/mol. The van der Waals surface area contributed by atoms with E-state index in [1.165, 1.54) is 11.1 Å². The number of rotatable bonds is 12. The molecule has 0 unspecified atom stereocenters. The molecule has 44 heavy (non-hydrogen) atoms. The van der Waals surface area contributed by atoms with Crippen molar-refractivity contribution in [3.63, 3.8) is 0 Å². The van der Waals surface area contributed by atoms with Crippen LogP contribution in [0.3, 0.4) is 0 Å². The smallest absolute Gasteiger partial charge is 0.344 e. The Kier molecular flexibility index (Phi) is 10.3. The van der Waals surface area contributed by atoms with Crippen molar-refractivity contribution >= 4 is 11.9 Å². The Morgan fingerprint density at radius 3 is 1.57 bits per heavy atom. The lowest BCUT2D eigenvalue weighted by atomic mass is 9.73. The van der Waals surface area contributed by atoms with Crippen LogP contribution in [0.4, 0.5) is 0 Å². The molecule has 0 aliphatic heterocycles. The first-order chi connectivity index (χ1) is 20.4. The summed E-state index contributed by atoms with van der Waals surface area (Å²) in [6.07, 6.45) is 3.66. The average molecular weight is 599 g/mol. The van der Waals surface area contributed by atoms with Gasteiger partial charge in [0.1, 0.15) is 5.75 Å². The average Bonchev–Trinajstić information content (AvgIpc) is 3.00. The summed E-state index contributed by atoms with van der Waals surface area (Å²) in [5.74, 6) is -1.12. The topological polar surface area (TPSA) is 63.6 Å². The van der Waals surface area contributed by atoms with Crippen LogP contribution in [0.25, 0.3) is 11.1 Å². The summed E-state index contributed by atoms with van der Waals surface area (Å²) in [5, 5.41) is 10.4. The molecule has 3 aromatic rings. The minimum absolute atomic E-state index is 0.0227. The molecule has 3 aromatic carbocycles. The summed E-state index contributed by atoms with van der Waals surface area (Å²) >= 11 is 0. The van der Waals surface area contributed by atoms with Gasteiger partial charge >= 0.3 is 11.9 Å². The molecule has 238 valence electrons. The van der Waals surface area contributed by atoms with E-state index in [-0.39, 0.29) is 32.8 Å². The number of esters is 1. The molecule has 4 nitrogen and oxygen atoms in total. The molecule has 3 rings (SSSR count). The van der Waals surface area contributed by atoms with Crippen LogP contribution in [-0.4, -0.2) is 17.0 Å². The van der Waals surface area contributed by atoms with E-state index in [1.54, 1.807) is 18.2 Å². The van der Waals surface area contributed by atoms with Crippen molar-refractivity contribution in [3.8, 4) is 16.9 Å². The second kappa shape index (κ2) is 12.9. The molecule has 0 fully saturated rings. The first-order valence-electron chi connectivity index (χ1n) is 16.3. The van der Waals surface area contributed by atoms with Gasteiger partial charge in [0.05, 0.1) is 11.1 Å². The number of aromatic carboxylic acids is 1. The van der Waals surface area contributed by atoms with Gasteiger partial charge in [-0.2, -0.15) is 0 Å². The first-order valence-corrected chi connectivity index (χ1v) is 16.3. The van der Waals surface area contributed by atoms with Crippen LogP contribution in [-0.2, 0) is 21.7 Å². The number of benzene rings is 3. The second-order valence-corrected chi connectivity index (χ2v) is 14.8. The molecule has 0 bridgehead atoms. The van der Waals surface area contributed by atoms with Gasteiger partial charge in [0.25, 0.3) is 0 Å². The molecular formula is C40H54O4.